The summed E-state index contributed by atoms with van der Waals surface area (Å²) < 4.78 is 77.6. The van der Waals surface area contributed by atoms with E-state index in [0.29, 0.717) is 13.0 Å². The first-order valence-electron chi connectivity index (χ1n) is 8.28. The third-order valence-corrected chi connectivity index (χ3v) is 3.41. The lowest BCUT2D eigenvalue weighted by molar-refractivity contribution is -0.145. The van der Waals surface area contributed by atoms with E-state index in [1.807, 2.05) is 6.92 Å². The third kappa shape index (κ3) is 5.63. The van der Waals surface area contributed by atoms with E-state index in [4.69, 9.17) is 0 Å². The summed E-state index contributed by atoms with van der Waals surface area (Å²) in [7, 11) is 0. The van der Waals surface area contributed by atoms with Gasteiger partial charge in [-0.1, -0.05) is 13.8 Å². The van der Waals surface area contributed by atoms with Crippen LogP contribution in [0.15, 0.2) is 12.3 Å². The van der Waals surface area contributed by atoms with E-state index in [2.05, 4.69) is 35.6 Å². The van der Waals surface area contributed by atoms with Crippen LogP contribution in [0.25, 0.3) is 11.5 Å². The Kier molecular flexibility index (Phi) is 6.56. The van der Waals surface area contributed by atoms with Crippen molar-refractivity contribution in [2.24, 2.45) is 0 Å². The molecule has 0 aliphatic heterocycles. The van der Waals surface area contributed by atoms with Crippen LogP contribution in [0, 0.1) is 0 Å². The first kappa shape index (κ1) is 21.6. The van der Waals surface area contributed by atoms with Gasteiger partial charge in [0, 0.05) is 12.7 Å². The number of alkyl halides is 6. The van der Waals surface area contributed by atoms with Crippen LogP contribution >= 0.6 is 0 Å². The third-order valence-electron chi connectivity index (χ3n) is 3.41. The molecule has 0 fully saturated rings. The van der Waals surface area contributed by atoms with Crippen LogP contribution in [0.3, 0.4) is 0 Å². The summed E-state index contributed by atoms with van der Waals surface area (Å²) in [5.41, 5.74) is -0.299. The molecule has 0 saturated carbocycles. The molecule has 2 heterocycles. The largest absolute Gasteiger partial charge is 0.451 e. The summed E-state index contributed by atoms with van der Waals surface area (Å²) in [6.07, 6.45) is -8.12. The Balaban J connectivity index is 2.46. The second-order valence-electron chi connectivity index (χ2n) is 5.64. The van der Waals surface area contributed by atoms with Crippen molar-refractivity contribution in [3.05, 3.63) is 18.1 Å². The van der Waals surface area contributed by atoms with Crippen LogP contribution in [-0.4, -0.2) is 43.7 Å². The van der Waals surface area contributed by atoms with E-state index < -0.39 is 30.2 Å². The Hall–Kier alpha value is -2.73. The van der Waals surface area contributed by atoms with Gasteiger partial charge in [-0.05, 0) is 18.9 Å². The van der Waals surface area contributed by atoms with Gasteiger partial charge in [-0.25, -0.2) is 9.97 Å². The van der Waals surface area contributed by atoms with Gasteiger partial charge in [-0.2, -0.15) is 41.3 Å². The van der Waals surface area contributed by atoms with Gasteiger partial charge < -0.3 is 10.6 Å². The topological polar surface area (TPSA) is 88.5 Å². The SMILES string of the molecule is CCCNc1nc(NC(CC)C(F)(F)F)nc(-c2ccnc(C(F)(F)F)n2)n1. The van der Waals surface area contributed by atoms with Crippen molar-refractivity contribution in [2.75, 3.05) is 17.2 Å². The quantitative estimate of drug-likeness (QED) is 0.670. The molecule has 1 unspecified atom stereocenters. The molecule has 0 aromatic carbocycles. The Morgan fingerprint density at radius 3 is 2.21 bits per heavy atom. The molecule has 154 valence electrons. The van der Waals surface area contributed by atoms with Crippen LogP contribution in [0.4, 0.5) is 38.2 Å². The smallest absolute Gasteiger partial charge is 0.354 e. The van der Waals surface area contributed by atoms with Crippen LogP contribution in [-0.2, 0) is 6.18 Å². The molecule has 0 aliphatic carbocycles. The Labute approximate surface area is 156 Å². The van der Waals surface area contributed by atoms with Crippen molar-refractivity contribution in [1.82, 2.24) is 24.9 Å². The zero-order valence-corrected chi connectivity index (χ0v) is 14.9. The summed E-state index contributed by atoms with van der Waals surface area (Å²) >= 11 is 0. The van der Waals surface area contributed by atoms with E-state index in [9.17, 15) is 26.3 Å². The number of nitrogens with one attached hydrogen (secondary N) is 2. The molecule has 0 saturated heterocycles. The first-order valence-corrected chi connectivity index (χ1v) is 8.28. The van der Waals surface area contributed by atoms with E-state index in [0.717, 1.165) is 12.3 Å². The summed E-state index contributed by atoms with van der Waals surface area (Å²) in [5, 5.41) is 4.92. The number of nitrogens with zero attached hydrogens (tertiary/aromatic N) is 5. The van der Waals surface area contributed by atoms with Gasteiger partial charge in [0.2, 0.25) is 17.7 Å². The number of aromatic nitrogens is 5. The molecule has 2 N–H and O–H groups in total. The number of hydrogen-bond donors (Lipinski definition) is 2. The van der Waals surface area contributed by atoms with Crippen molar-refractivity contribution in [2.45, 2.75) is 45.1 Å². The molecule has 28 heavy (non-hydrogen) atoms. The molecule has 2 rings (SSSR count). The minimum Gasteiger partial charge on any atom is -0.354 e. The van der Waals surface area contributed by atoms with Gasteiger partial charge in [-0.15, -0.1) is 0 Å². The maximum absolute atomic E-state index is 13.0. The minimum absolute atomic E-state index is 0.0847. The normalized spacial score (nSPS) is 13.3. The molecule has 0 bridgehead atoms. The lowest BCUT2D eigenvalue weighted by atomic mass is 10.2. The number of hydrogen-bond acceptors (Lipinski definition) is 7. The summed E-state index contributed by atoms with van der Waals surface area (Å²) in [4.78, 5) is 18.1. The van der Waals surface area contributed by atoms with Crippen LogP contribution in [0.5, 0.6) is 0 Å². The highest BCUT2D eigenvalue weighted by atomic mass is 19.4. The molecule has 7 nitrogen and oxygen atoms in total. The predicted molar refractivity (Wildman–Crippen MR) is 88.4 cm³/mol. The Bertz CT molecular complexity index is 793. The van der Waals surface area contributed by atoms with Gasteiger partial charge in [-0.3, -0.25) is 0 Å². The molecule has 2 aromatic rings. The van der Waals surface area contributed by atoms with Crippen molar-refractivity contribution in [3.8, 4) is 11.5 Å². The molecule has 0 radical (unpaired) electrons. The van der Waals surface area contributed by atoms with Gasteiger partial charge >= 0.3 is 12.4 Å². The second kappa shape index (κ2) is 8.52. The van der Waals surface area contributed by atoms with E-state index in [1.165, 1.54) is 6.92 Å². The molecule has 0 amide bonds. The zero-order valence-electron chi connectivity index (χ0n) is 14.9. The fourth-order valence-electron chi connectivity index (χ4n) is 2.06. The highest BCUT2D eigenvalue weighted by molar-refractivity contribution is 5.53. The summed E-state index contributed by atoms with van der Waals surface area (Å²) in [6, 6.07) is -0.808. The second-order valence-corrected chi connectivity index (χ2v) is 5.64. The number of halogens is 6. The van der Waals surface area contributed by atoms with Crippen LogP contribution in [0.2, 0.25) is 0 Å². The van der Waals surface area contributed by atoms with E-state index in [1.54, 1.807) is 0 Å². The van der Waals surface area contributed by atoms with E-state index in [-0.39, 0.29) is 23.9 Å². The average Bonchev–Trinajstić information content (AvgIpc) is 2.62. The van der Waals surface area contributed by atoms with E-state index >= 15 is 0 Å². The molecule has 1 atom stereocenters. The van der Waals surface area contributed by atoms with Crippen molar-refractivity contribution in [1.29, 1.82) is 0 Å². The molecular weight excluding hydrogens is 392 g/mol. The predicted octanol–water partition coefficient (Wildman–Crippen LogP) is 3.92. The first-order chi connectivity index (χ1) is 13.0. The summed E-state index contributed by atoms with van der Waals surface area (Å²) in [5.74, 6) is -2.25. The molecular formula is C15H17F6N7. The molecule has 13 heteroatoms. The average molecular weight is 409 g/mol. The standard InChI is InChI=1S/C15H17F6N7/c1-3-6-23-12-26-10(8-5-7-22-11(24-8)15(19,20)21)27-13(28-12)25-9(4-2)14(16,17)18/h5,7,9H,3-4,6H2,1-2H3,(H2,23,25,26,27,28). The number of rotatable bonds is 7. The maximum atomic E-state index is 13.0. The summed E-state index contributed by atoms with van der Waals surface area (Å²) in [6.45, 7) is 3.56. The lowest BCUT2D eigenvalue weighted by Gasteiger charge is -2.20. The lowest BCUT2D eigenvalue weighted by Crippen LogP contribution is -2.36. The fourth-order valence-corrected chi connectivity index (χ4v) is 2.06. The van der Waals surface area contributed by atoms with Crippen LogP contribution < -0.4 is 10.6 Å². The maximum Gasteiger partial charge on any atom is 0.451 e. The highest BCUT2D eigenvalue weighted by Gasteiger charge is 2.39. The van der Waals surface area contributed by atoms with Crippen molar-refractivity contribution < 1.29 is 26.3 Å². The molecule has 2 aromatic heterocycles. The van der Waals surface area contributed by atoms with Crippen LogP contribution in [0.1, 0.15) is 32.5 Å². The van der Waals surface area contributed by atoms with Gasteiger partial charge in [0.15, 0.2) is 5.82 Å². The minimum atomic E-state index is -4.79. The van der Waals surface area contributed by atoms with Gasteiger partial charge in [0.05, 0.1) is 0 Å². The monoisotopic (exact) mass is 409 g/mol. The number of anilines is 2. The van der Waals surface area contributed by atoms with Gasteiger partial charge in [0.1, 0.15) is 11.7 Å². The fraction of sp³-hybridized carbons (Fsp3) is 0.533. The zero-order chi connectivity index (χ0) is 20.9. The highest BCUT2D eigenvalue weighted by Crippen LogP contribution is 2.28. The molecule has 0 aliphatic rings. The molecule has 0 spiro atoms. The van der Waals surface area contributed by atoms with Crippen molar-refractivity contribution in [3.63, 3.8) is 0 Å². The van der Waals surface area contributed by atoms with Gasteiger partial charge in [0.25, 0.3) is 0 Å². The van der Waals surface area contributed by atoms with Crippen molar-refractivity contribution >= 4 is 11.9 Å². The Morgan fingerprint density at radius 1 is 0.964 bits per heavy atom. The Morgan fingerprint density at radius 2 is 1.64 bits per heavy atom.